The van der Waals surface area contributed by atoms with Crippen LogP contribution in [0.4, 0.5) is 39.1 Å². The van der Waals surface area contributed by atoms with E-state index in [-0.39, 0.29) is 17.0 Å². The van der Waals surface area contributed by atoms with Crippen molar-refractivity contribution in [2.45, 2.75) is 39.5 Å². The number of halogens is 5. The van der Waals surface area contributed by atoms with Crippen molar-refractivity contribution < 1.29 is 26.7 Å². The molecule has 0 radical (unpaired) electrons. The second-order valence-corrected chi connectivity index (χ2v) is 11.7. The second kappa shape index (κ2) is 12.6. The van der Waals surface area contributed by atoms with Crippen molar-refractivity contribution in [1.29, 1.82) is 0 Å². The summed E-state index contributed by atoms with van der Waals surface area (Å²) in [6.07, 6.45) is 0.549. The minimum Gasteiger partial charge on any atom is -0.375 e. The molecule has 0 bridgehead atoms. The molecule has 238 valence electrons. The Labute approximate surface area is 262 Å². The molecule has 0 aliphatic carbocycles. The van der Waals surface area contributed by atoms with Gasteiger partial charge in [0.05, 0.1) is 46.4 Å². The van der Waals surface area contributed by atoms with Crippen LogP contribution in [0.1, 0.15) is 31.5 Å². The first-order valence-electron chi connectivity index (χ1n) is 14.9. The lowest BCUT2D eigenvalue weighted by atomic mass is 10.0. The SMILES string of the molecule is Cc1c(-c2ccccn2)nc2cc(F)cc(F)c2c1Nc1cc(N2CCOC(CC(C)C)C2)ncc1-c1ccc(C(F)(F)F)nc1. The average molecular weight is 635 g/mol. The maximum atomic E-state index is 15.5. The van der Waals surface area contributed by atoms with E-state index in [1.807, 2.05) is 0 Å². The van der Waals surface area contributed by atoms with E-state index in [2.05, 4.69) is 44.0 Å². The van der Waals surface area contributed by atoms with Crippen molar-refractivity contribution in [2.75, 3.05) is 29.9 Å². The Balaban J connectivity index is 1.51. The fourth-order valence-electron chi connectivity index (χ4n) is 5.72. The van der Waals surface area contributed by atoms with Crippen molar-refractivity contribution >= 4 is 28.1 Å². The minimum atomic E-state index is -4.60. The van der Waals surface area contributed by atoms with Gasteiger partial charge in [-0.15, -0.1) is 0 Å². The number of rotatable bonds is 7. The lowest BCUT2D eigenvalue weighted by Gasteiger charge is -2.35. The molecule has 5 heterocycles. The number of hydrogen-bond acceptors (Lipinski definition) is 7. The zero-order valence-electron chi connectivity index (χ0n) is 25.4. The third-order valence-electron chi connectivity index (χ3n) is 7.87. The molecule has 1 fully saturated rings. The summed E-state index contributed by atoms with van der Waals surface area (Å²) >= 11 is 0. The highest BCUT2D eigenvalue weighted by Crippen LogP contribution is 2.40. The first-order chi connectivity index (χ1) is 22.0. The number of benzene rings is 1. The number of alkyl halides is 3. The van der Waals surface area contributed by atoms with Crippen LogP contribution < -0.4 is 10.2 Å². The summed E-state index contributed by atoms with van der Waals surface area (Å²) in [5, 5.41) is 3.39. The molecule has 4 aromatic heterocycles. The summed E-state index contributed by atoms with van der Waals surface area (Å²) < 4.78 is 75.9. The Morgan fingerprint density at radius 3 is 2.54 bits per heavy atom. The lowest BCUT2D eigenvalue weighted by Crippen LogP contribution is -2.43. The molecule has 1 aliphatic rings. The van der Waals surface area contributed by atoms with Gasteiger partial charge in [0.1, 0.15) is 23.1 Å². The number of anilines is 3. The fraction of sp³-hybridized carbons (Fsp3) is 0.294. The van der Waals surface area contributed by atoms with Gasteiger partial charge in [-0.3, -0.25) is 9.97 Å². The zero-order chi connectivity index (χ0) is 32.6. The summed E-state index contributed by atoms with van der Waals surface area (Å²) in [5.74, 6) is -0.570. The molecular weight excluding hydrogens is 603 g/mol. The molecule has 1 atom stereocenters. The zero-order valence-corrected chi connectivity index (χ0v) is 25.4. The van der Waals surface area contributed by atoms with Gasteiger partial charge < -0.3 is 15.0 Å². The van der Waals surface area contributed by atoms with Gasteiger partial charge in [-0.25, -0.2) is 18.7 Å². The highest BCUT2D eigenvalue weighted by atomic mass is 19.4. The quantitative estimate of drug-likeness (QED) is 0.180. The Kier molecular flexibility index (Phi) is 8.56. The summed E-state index contributed by atoms with van der Waals surface area (Å²) in [6.45, 7) is 7.69. The molecule has 12 heteroatoms. The van der Waals surface area contributed by atoms with E-state index in [9.17, 15) is 17.6 Å². The van der Waals surface area contributed by atoms with Crippen LogP contribution in [0.3, 0.4) is 0 Å². The number of nitrogens with zero attached hydrogens (tertiary/aromatic N) is 5. The van der Waals surface area contributed by atoms with E-state index in [0.29, 0.717) is 70.9 Å². The summed E-state index contributed by atoms with van der Waals surface area (Å²) in [7, 11) is 0. The monoisotopic (exact) mass is 634 g/mol. The molecule has 1 saturated heterocycles. The molecule has 0 amide bonds. The van der Waals surface area contributed by atoms with Crippen LogP contribution >= 0.6 is 0 Å². The van der Waals surface area contributed by atoms with Crippen LogP contribution in [-0.2, 0) is 10.9 Å². The Morgan fingerprint density at radius 2 is 1.85 bits per heavy atom. The number of morpholine rings is 1. The van der Waals surface area contributed by atoms with Gasteiger partial charge in [0, 0.05) is 66.6 Å². The average Bonchev–Trinajstić information content (AvgIpc) is 3.02. The van der Waals surface area contributed by atoms with Crippen molar-refractivity contribution in [3.05, 3.63) is 90.0 Å². The molecule has 1 N–H and O–H groups in total. The molecular formula is C34H31F5N6O. The molecule has 5 aromatic rings. The Hall–Kier alpha value is -4.71. The highest BCUT2D eigenvalue weighted by molar-refractivity contribution is 5.99. The minimum absolute atomic E-state index is 0.00190. The standard InChI is InChI=1S/C34H31F5N6O/c1-19(2)12-23-18-45(10-11-46-23)30-15-27(24(17-42-30)21-7-8-29(41-16-21)34(37,38)39)43-33-20(3)32(26-6-4-5-9-40-26)44-28-14-22(35)13-25(36)31(28)33/h4-9,13-17,19,23H,10-12,18H2,1-3H3,(H,42,43,44). The van der Waals surface area contributed by atoms with Gasteiger partial charge in [-0.2, -0.15) is 13.2 Å². The van der Waals surface area contributed by atoms with Gasteiger partial charge in [0.15, 0.2) is 0 Å². The third-order valence-corrected chi connectivity index (χ3v) is 7.87. The van der Waals surface area contributed by atoms with Gasteiger partial charge in [0.25, 0.3) is 0 Å². The van der Waals surface area contributed by atoms with E-state index in [4.69, 9.17) is 4.74 Å². The van der Waals surface area contributed by atoms with Gasteiger partial charge >= 0.3 is 6.18 Å². The number of ether oxygens (including phenoxy) is 1. The normalized spacial score (nSPS) is 15.5. The molecule has 1 aromatic carbocycles. The first kappa shape index (κ1) is 31.3. The molecule has 1 aliphatic heterocycles. The lowest BCUT2D eigenvalue weighted by molar-refractivity contribution is -0.141. The first-order valence-corrected chi connectivity index (χ1v) is 14.9. The Bertz CT molecular complexity index is 1870. The van der Waals surface area contributed by atoms with Crippen LogP contribution in [0.15, 0.2) is 67.1 Å². The predicted molar refractivity (Wildman–Crippen MR) is 167 cm³/mol. The molecule has 1 unspecified atom stereocenters. The summed E-state index contributed by atoms with van der Waals surface area (Å²) in [6, 6.07) is 11.2. The number of nitrogens with one attached hydrogen (secondary N) is 1. The van der Waals surface area contributed by atoms with Crippen molar-refractivity contribution in [1.82, 2.24) is 19.9 Å². The van der Waals surface area contributed by atoms with E-state index in [1.165, 1.54) is 6.07 Å². The van der Waals surface area contributed by atoms with E-state index in [1.54, 1.807) is 43.6 Å². The van der Waals surface area contributed by atoms with Crippen LogP contribution in [0.25, 0.3) is 33.4 Å². The van der Waals surface area contributed by atoms with Crippen LogP contribution in [0.2, 0.25) is 0 Å². The van der Waals surface area contributed by atoms with E-state index < -0.39 is 23.5 Å². The maximum Gasteiger partial charge on any atom is 0.433 e. The van der Waals surface area contributed by atoms with Crippen molar-refractivity contribution in [3.8, 4) is 22.5 Å². The maximum absolute atomic E-state index is 15.5. The fourth-order valence-corrected chi connectivity index (χ4v) is 5.72. The topological polar surface area (TPSA) is 76.1 Å². The van der Waals surface area contributed by atoms with Gasteiger partial charge in [-0.1, -0.05) is 26.0 Å². The molecule has 6 rings (SSSR count). The molecule has 7 nitrogen and oxygen atoms in total. The van der Waals surface area contributed by atoms with Crippen molar-refractivity contribution in [3.63, 3.8) is 0 Å². The van der Waals surface area contributed by atoms with E-state index >= 15 is 4.39 Å². The smallest absolute Gasteiger partial charge is 0.375 e. The van der Waals surface area contributed by atoms with Crippen LogP contribution in [0.5, 0.6) is 0 Å². The van der Waals surface area contributed by atoms with Crippen LogP contribution in [0, 0.1) is 24.5 Å². The predicted octanol–water partition coefficient (Wildman–Crippen LogP) is 8.35. The third kappa shape index (κ3) is 6.48. The number of fused-ring (bicyclic) bond motifs is 1. The summed E-state index contributed by atoms with van der Waals surface area (Å²) in [4.78, 5) is 19.4. The summed E-state index contributed by atoms with van der Waals surface area (Å²) in [5.41, 5.74) is 2.03. The van der Waals surface area contributed by atoms with Gasteiger partial charge in [-0.05, 0) is 37.5 Å². The largest absolute Gasteiger partial charge is 0.433 e. The molecule has 0 saturated carbocycles. The Morgan fingerprint density at radius 1 is 1.02 bits per heavy atom. The van der Waals surface area contributed by atoms with Gasteiger partial charge in [0.2, 0.25) is 0 Å². The highest BCUT2D eigenvalue weighted by Gasteiger charge is 2.32. The second-order valence-electron chi connectivity index (χ2n) is 11.7. The van der Waals surface area contributed by atoms with Crippen LogP contribution in [-0.4, -0.2) is 45.7 Å². The van der Waals surface area contributed by atoms with Crippen molar-refractivity contribution in [2.24, 2.45) is 5.92 Å². The number of aromatic nitrogens is 4. The molecule has 46 heavy (non-hydrogen) atoms. The van der Waals surface area contributed by atoms with E-state index in [0.717, 1.165) is 30.8 Å². The number of pyridine rings is 4. The number of hydrogen-bond donors (Lipinski definition) is 1. The molecule has 0 spiro atoms.